The van der Waals surface area contributed by atoms with Gasteiger partial charge in [0.25, 0.3) is 0 Å². The quantitative estimate of drug-likeness (QED) is 0.591. The van der Waals surface area contributed by atoms with Gasteiger partial charge in [0.2, 0.25) is 11.8 Å². The maximum absolute atomic E-state index is 12.7. The first kappa shape index (κ1) is 11.6. The van der Waals surface area contributed by atoms with Crippen molar-refractivity contribution in [3.05, 3.63) is 30.1 Å². The van der Waals surface area contributed by atoms with Crippen molar-refractivity contribution < 1.29 is 14.0 Å². The molecule has 86 valence electrons. The number of thioether (sulfide) groups is 1. The van der Waals surface area contributed by atoms with Crippen LogP contribution in [0.25, 0.3) is 0 Å². The lowest BCUT2D eigenvalue weighted by Gasteiger charge is -2.13. The summed E-state index contributed by atoms with van der Waals surface area (Å²) in [6, 6.07) is 5.09. The molecule has 1 aromatic carbocycles. The highest BCUT2D eigenvalue weighted by atomic mass is 32.2. The number of carbonyl (C=O) groups is 2. The normalized spacial score (nSPS) is 19.5. The maximum atomic E-state index is 12.7. The van der Waals surface area contributed by atoms with E-state index in [1.807, 2.05) is 0 Å². The lowest BCUT2D eigenvalue weighted by molar-refractivity contribution is -0.121. The van der Waals surface area contributed by atoms with Crippen LogP contribution in [0.1, 0.15) is 6.42 Å². The molecule has 1 atom stereocenters. The third kappa shape index (κ3) is 2.15. The molecule has 1 aliphatic heterocycles. The number of imide groups is 1. The van der Waals surface area contributed by atoms with Crippen molar-refractivity contribution in [1.82, 2.24) is 0 Å². The molecule has 6 heteroatoms. The van der Waals surface area contributed by atoms with Gasteiger partial charge in [0, 0.05) is 6.42 Å². The lowest BCUT2D eigenvalue weighted by atomic mass is 10.3. The lowest BCUT2D eigenvalue weighted by Crippen LogP contribution is -2.30. The molecule has 0 unspecified atom stereocenters. The molecular weight excluding hydrogens is 243 g/mol. The molecule has 1 saturated heterocycles. The van der Waals surface area contributed by atoms with Crippen molar-refractivity contribution in [3.8, 4) is 5.40 Å². The predicted molar refractivity (Wildman–Crippen MR) is 60.5 cm³/mol. The third-order valence-electron chi connectivity index (χ3n) is 2.39. The Hall–Kier alpha value is -1.87. The summed E-state index contributed by atoms with van der Waals surface area (Å²) >= 11 is 0.772. The Morgan fingerprint density at radius 2 is 2.00 bits per heavy atom. The monoisotopic (exact) mass is 250 g/mol. The summed E-state index contributed by atoms with van der Waals surface area (Å²) in [6.07, 6.45) is 0.00837. The Morgan fingerprint density at radius 3 is 2.59 bits per heavy atom. The fourth-order valence-corrected chi connectivity index (χ4v) is 2.18. The third-order valence-corrected chi connectivity index (χ3v) is 3.14. The number of rotatable bonds is 2. The minimum Gasteiger partial charge on any atom is -0.274 e. The molecule has 0 N–H and O–H groups in total. The van der Waals surface area contributed by atoms with E-state index in [-0.39, 0.29) is 12.3 Å². The molecule has 0 radical (unpaired) electrons. The Labute approximate surface area is 101 Å². The standard InChI is InChI=1S/C11H7FN2O2S/c12-7-1-3-8(4-2-7)14-10(15)5-9(11(14)16)17-6-13/h1-4,9H,5H2/t9-/m1/s1. The minimum absolute atomic E-state index is 0.00837. The average molecular weight is 250 g/mol. The molecule has 0 aliphatic carbocycles. The first-order valence-electron chi connectivity index (χ1n) is 4.80. The van der Waals surface area contributed by atoms with E-state index in [0.717, 1.165) is 16.7 Å². The fourth-order valence-electron chi connectivity index (χ4n) is 1.62. The van der Waals surface area contributed by atoms with E-state index >= 15 is 0 Å². The Kier molecular flexibility index (Phi) is 3.11. The van der Waals surface area contributed by atoms with Crippen LogP contribution in [0.2, 0.25) is 0 Å². The van der Waals surface area contributed by atoms with Gasteiger partial charge in [-0.05, 0) is 36.0 Å². The molecule has 1 aromatic rings. The summed E-state index contributed by atoms with van der Waals surface area (Å²) in [6.45, 7) is 0. The number of thiocyanates is 1. The number of hydrogen-bond donors (Lipinski definition) is 0. The number of halogens is 1. The van der Waals surface area contributed by atoms with E-state index in [0.29, 0.717) is 5.69 Å². The van der Waals surface area contributed by atoms with E-state index < -0.39 is 17.0 Å². The second-order valence-electron chi connectivity index (χ2n) is 3.45. The molecule has 1 fully saturated rings. The summed E-state index contributed by atoms with van der Waals surface area (Å²) in [5, 5.41) is 9.65. The highest BCUT2D eigenvalue weighted by Crippen LogP contribution is 2.28. The first-order chi connectivity index (χ1) is 8.13. The smallest absolute Gasteiger partial charge is 0.248 e. The Bertz CT molecular complexity index is 509. The SMILES string of the molecule is N#CS[C@@H]1CC(=O)N(c2ccc(F)cc2)C1=O. The fraction of sp³-hybridized carbons (Fsp3) is 0.182. The second kappa shape index (κ2) is 4.55. The topological polar surface area (TPSA) is 61.2 Å². The highest BCUT2D eigenvalue weighted by Gasteiger charge is 2.40. The zero-order chi connectivity index (χ0) is 12.4. The first-order valence-corrected chi connectivity index (χ1v) is 5.68. The molecule has 4 nitrogen and oxygen atoms in total. The molecule has 0 saturated carbocycles. The molecular formula is C11H7FN2O2S. The molecule has 2 amide bonds. The van der Waals surface area contributed by atoms with Gasteiger partial charge in [0.05, 0.1) is 5.69 Å². The van der Waals surface area contributed by atoms with E-state index in [1.54, 1.807) is 5.40 Å². The predicted octanol–water partition coefficient (Wildman–Crippen LogP) is 1.67. The Balaban J connectivity index is 2.28. The van der Waals surface area contributed by atoms with Gasteiger partial charge in [-0.2, -0.15) is 5.26 Å². The molecule has 0 spiro atoms. The van der Waals surface area contributed by atoms with E-state index in [1.165, 1.54) is 24.3 Å². The van der Waals surface area contributed by atoms with Crippen molar-refractivity contribution in [3.63, 3.8) is 0 Å². The number of nitriles is 1. The molecule has 0 aromatic heterocycles. The summed E-state index contributed by atoms with van der Waals surface area (Å²) < 4.78 is 12.7. The summed E-state index contributed by atoms with van der Waals surface area (Å²) in [5.74, 6) is -1.22. The van der Waals surface area contributed by atoms with Gasteiger partial charge in [-0.25, -0.2) is 9.29 Å². The van der Waals surface area contributed by atoms with Crippen molar-refractivity contribution in [2.75, 3.05) is 4.90 Å². The maximum Gasteiger partial charge on any atom is 0.248 e. The Morgan fingerprint density at radius 1 is 1.35 bits per heavy atom. The number of hydrogen-bond acceptors (Lipinski definition) is 4. The molecule has 0 bridgehead atoms. The van der Waals surface area contributed by atoms with Crippen LogP contribution in [0.5, 0.6) is 0 Å². The van der Waals surface area contributed by atoms with Crippen LogP contribution in [0.3, 0.4) is 0 Å². The van der Waals surface area contributed by atoms with Gasteiger partial charge in [0.1, 0.15) is 16.5 Å². The van der Waals surface area contributed by atoms with Crippen molar-refractivity contribution in [1.29, 1.82) is 5.26 Å². The second-order valence-corrected chi connectivity index (χ2v) is 4.43. The highest BCUT2D eigenvalue weighted by molar-refractivity contribution is 8.05. The van der Waals surface area contributed by atoms with Crippen LogP contribution in [-0.4, -0.2) is 17.1 Å². The summed E-state index contributed by atoms with van der Waals surface area (Å²) in [5.41, 5.74) is 0.336. The number of amides is 2. The molecule has 1 aliphatic rings. The minimum atomic E-state index is -0.655. The van der Waals surface area contributed by atoms with Gasteiger partial charge < -0.3 is 0 Å². The number of nitrogens with zero attached hydrogens (tertiary/aromatic N) is 2. The van der Waals surface area contributed by atoms with Gasteiger partial charge >= 0.3 is 0 Å². The van der Waals surface area contributed by atoms with Gasteiger partial charge in [-0.1, -0.05) is 0 Å². The molecule has 1 heterocycles. The van der Waals surface area contributed by atoms with Crippen LogP contribution in [0, 0.1) is 16.5 Å². The van der Waals surface area contributed by atoms with Crippen molar-refractivity contribution in [2.24, 2.45) is 0 Å². The molecule has 2 rings (SSSR count). The molecule has 17 heavy (non-hydrogen) atoms. The van der Waals surface area contributed by atoms with Crippen LogP contribution < -0.4 is 4.90 Å². The van der Waals surface area contributed by atoms with Crippen LogP contribution in [0.4, 0.5) is 10.1 Å². The van der Waals surface area contributed by atoms with Gasteiger partial charge in [0.15, 0.2) is 0 Å². The number of benzene rings is 1. The van der Waals surface area contributed by atoms with Gasteiger partial charge in [-0.3, -0.25) is 9.59 Å². The van der Waals surface area contributed by atoms with E-state index in [4.69, 9.17) is 5.26 Å². The zero-order valence-electron chi connectivity index (χ0n) is 8.59. The van der Waals surface area contributed by atoms with Crippen LogP contribution >= 0.6 is 11.8 Å². The summed E-state index contributed by atoms with van der Waals surface area (Å²) in [4.78, 5) is 24.5. The van der Waals surface area contributed by atoms with Crippen LogP contribution in [0.15, 0.2) is 24.3 Å². The average Bonchev–Trinajstić information content (AvgIpc) is 2.57. The van der Waals surface area contributed by atoms with E-state index in [2.05, 4.69) is 0 Å². The van der Waals surface area contributed by atoms with Crippen molar-refractivity contribution in [2.45, 2.75) is 11.7 Å². The van der Waals surface area contributed by atoms with Crippen molar-refractivity contribution >= 4 is 29.3 Å². The largest absolute Gasteiger partial charge is 0.274 e. The zero-order valence-corrected chi connectivity index (χ0v) is 9.41. The number of carbonyl (C=O) groups excluding carboxylic acids is 2. The summed E-state index contributed by atoms with van der Waals surface area (Å²) in [7, 11) is 0. The number of anilines is 1. The van der Waals surface area contributed by atoms with Crippen LogP contribution in [-0.2, 0) is 9.59 Å². The van der Waals surface area contributed by atoms with E-state index in [9.17, 15) is 14.0 Å². The van der Waals surface area contributed by atoms with Gasteiger partial charge in [-0.15, -0.1) is 0 Å².